The van der Waals surface area contributed by atoms with Crippen LogP contribution in [-0.2, 0) is 11.4 Å². The van der Waals surface area contributed by atoms with Crippen LogP contribution in [0.1, 0.15) is 18.1 Å². The Hall–Kier alpha value is -2.04. The maximum absolute atomic E-state index is 10.7. The van der Waals surface area contributed by atoms with Gasteiger partial charge in [-0.2, -0.15) is 5.10 Å². The number of ether oxygens (including phenoxy) is 1. The fraction of sp³-hybridized carbons (Fsp3) is 0.125. The molecule has 22 heavy (non-hydrogen) atoms. The van der Waals surface area contributed by atoms with Gasteiger partial charge >= 0.3 is 0 Å². The first-order valence-corrected chi connectivity index (χ1v) is 7.26. The van der Waals surface area contributed by atoms with E-state index in [4.69, 9.17) is 27.9 Å². The molecular weight excluding hydrogens is 323 g/mol. The number of amides is 1. The van der Waals surface area contributed by atoms with E-state index >= 15 is 0 Å². The van der Waals surface area contributed by atoms with Crippen LogP contribution in [0, 0.1) is 0 Å². The number of rotatable bonds is 5. The molecule has 0 aromatic heterocycles. The minimum atomic E-state index is -0.221. The Bertz CT molecular complexity index is 702. The molecule has 6 heteroatoms. The number of nitrogens with one attached hydrogen (secondary N) is 1. The van der Waals surface area contributed by atoms with Crippen molar-refractivity contribution in [2.45, 2.75) is 13.5 Å². The Labute approximate surface area is 138 Å². The van der Waals surface area contributed by atoms with Crippen molar-refractivity contribution in [1.82, 2.24) is 5.43 Å². The molecule has 2 rings (SSSR count). The molecular formula is C16H14Cl2N2O2. The summed E-state index contributed by atoms with van der Waals surface area (Å²) < 4.78 is 5.70. The molecule has 4 nitrogen and oxygen atoms in total. The summed E-state index contributed by atoms with van der Waals surface area (Å²) in [6, 6.07) is 12.6. The lowest BCUT2D eigenvalue weighted by Crippen LogP contribution is -2.12. The fourth-order valence-electron chi connectivity index (χ4n) is 1.68. The average molecular weight is 337 g/mol. The molecule has 114 valence electrons. The minimum absolute atomic E-state index is 0.221. The average Bonchev–Trinajstić information content (AvgIpc) is 2.46. The van der Waals surface area contributed by atoms with Crippen LogP contribution < -0.4 is 10.2 Å². The fourth-order valence-corrected chi connectivity index (χ4v) is 2.15. The quantitative estimate of drug-likeness (QED) is 0.661. The van der Waals surface area contributed by atoms with Gasteiger partial charge in [0.2, 0.25) is 5.91 Å². The van der Waals surface area contributed by atoms with E-state index in [-0.39, 0.29) is 5.91 Å². The van der Waals surface area contributed by atoms with Gasteiger partial charge in [0.1, 0.15) is 12.4 Å². The van der Waals surface area contributed by atoms with Crippen molar-refractivity contribution in [3.05, 3.63) is 63.6 Å². The molecule has 0 unspecified atom stereocenters. The standard InChI is InChI=1S/C16H14Cl2N2O2/c1-11(21)20-19-9-12-3-2-4-15(7-12)22-10-13-5-6-14(17)8-16(13)18/h2-9H,10H2,1H3,(H,20,21)/b19-9-. The molecule has 0 bridgehead atoms. The number of halogens is 2. The highest BCUT2D eigenvalue weighted by Crippen LogP contribution is 2.22. The van der Waals surface area contributed by atoms with Crippen LogP contribution in [0.5, 0.6) is 5.75 Å². The Kier molecular flexibility index (Phi) is 5.81. The SMILES string of the molecule is CC(=O)N/N=C\c1cccc(OCc2ccc(Cl)cc2Cl)c1. The van der Waals surface area contributed by atoms with Gasteiger partial charge in [0.15, 0.2) is 0 Å². The molecule has 0 fully saturated rings. The van der Waals surface area contributed by atoms with E-state index in [0.29, 0.717) is 22.4 Å². The summed E-state index contributed by atoms with van der Waals surface area (Å²) in [5.41, 5.74) is 4.01. The molecule has 0 aliphatic rings. The van der Waals surface area contributed by atoms with Crippen LogP contribution in [0.15, 0.2) is 47.6 Å². The predicted molar refractivity (Wildman–Crippen MR) is 88.6 cm³/mol. The van der Waals surface area contributed by atoms with Gasteiger partial charge in [0.05, 0.1) is 6.21 Å². The van der Waals surface area contributed by atoms with Crippen molar-refractivity contribution in [3.8, 4) is 5.75 Å². The number of hydrazone groups is 1. The number of benzene rings is 2. The third-order valence-electron chi connectivity index (χ3n) is 2.70. The zero-order chi connectivity index (χ0) is 15.9. The largest absolute Gasteiger partial charge is 0.489 e. The van der Waals surface area contributed by atoms with Gasteiger partial charge in [-0.1, -0.05) is 41.4 Å². The molecule has 0 saturated heterocycles. The minimum Gasteiger partial charge on any atom is -0.489 e. The topological polar surface area (TPSA) is 50.7 Å². The van der Waals surface area contributed by atoms with Gasteiger partial charge in [-0.25, -0.2) is 5.43 Å². The number of hydrogen-bond acceptors (Lipinski definition) is 3. The highest BCUT2D eigenvalue weighted by Gasteiger charge is 2.03. The lowest BCUT2D eigenvalue weighted by Gasteiger charge is -2.08. The van der Waals surface area contributed by atoms with Gasteiger partial charge in [0.25, 0.3) is 0 Å². The Morgan fingerprint density at radius 2 is 2.09 bits per heavy atom. The maximum Gasteiger partial charge on any atom is 0.236 e. The Morgan fingerprint density at radius 1 is 1.27 bits per heavy atom. The van der Waals surface area contributed by atoms with E-state index < -0.39 is 0 Å². The van der Waals surface area contributed by atoms with Gasteiger partial charge in [-0.15, -0.1) is 0 Å². The molecule has 0 aliphatic carbocycles. The van der Waals surface area contributed by atoms with E-state index in [1.54, 1.807) is 18.3 Å². The maximum atomic E-state index is 10.7. The summed E-state index contributed by atoms with van der Waals surface area (Å²) in [5.74, 6) is 0.457. The molecule has 0 saturated carbocycles. The zero-order valence-corrected chi connectivity index (χ0v) is 13.4. The van der Waals surface area contributed by atoms with Crippen molar-refractivity contribution < 1.29 is 9.53 Å². The van der Waals surface area contributed by atoms with Crippen LogP contribution in [0.25, 0.3) is 0 Å². The Morgan fingerprint density at radius 3 is 2.82 bits per heavy atom. The molecule has 2 aromatic carbocycles. The van der Waals surface area contributed by atoms with Crippen molar-refractivity contribution in [2.75, 3.05) is 0 Å². The normalized spacial score (nSPS) is 10.7. The summed E-state index contributed by atoms with van der Waals surface area (Å²) in [6.45, 7) is 1.73. The third kappa shape index (κ3) is 5.06. The molecule has 0 heterocycles. The lowest BCUT2D eigenvalue weighted by atomic mass is 10.2. The smallest absolute Gasteiger partial charge is 0.236 e. The number of hydrogen-bond donors (Lipinski definition) is 1. The first-order valence-electron chi connectivity index (χ1n) is 6.51. The molecule has 2 aromatic rings. The van der Waals surface area contributed by atoms with Crippen LogP contribution in [0.3, 0.4) is 0 Å². The monoisotopic (exact) mass is 336 g/mol. The number of carbonyl (C=O) groups excluding carboxylic acids is 1. The highest BCUT2D eigenvalue weighted by molar-refractivity contribution is 6.35. The molecule has 0 spiro atoms. The van der Waals surface area contributed by atoms with E-state index in [0.717, 1.165) is 11.1 Å². The van der Waals surface area contributed by atoms with E-state index in [2.05, 4.69) is 10.5 Å². The van der Waals surface area contributed by atoms with Gasteiger partial charge in [0, 0.05) is 22.5 Å². The van der Waals surface area contributed by atoms with Gasteiger partial charge in [-0.05, 0) is 29.8 Å². The zero-order valence-electron chi connectivity index (χ0n) is 11.8. The molecule has 0 radical (unpaired) electrons. The van der Waals surface area contributed by atoms with E-state index in [9.17, 15) is 4.79 Å². The predicted octanol–water partition coefficient (Wildman–Crippen LogP) is 4.04. The van der Waals surface area contributed by atoms with E-state index in [1.807, 2.05) is 30.3 Å². The van der Waals surface area contributed by atoms with Gasteiger partial charge in [-0.3, -0.25) is 4.79 Å². The molecule has 0 atom stereocenters. The van der Waals surface area contributed by atoms with Crippen molar-refractivity contribution in [3.63, 3.8) is 0 Å². The third-order valence-corrected chi connectivity index (χ3v) is 3.29. The highest BCUT2D eigenvalue weighted by atomic mass is 35.5. The second-order valence-corrected chi connectivity index (χ2v) is 5.37. The van der Waals surface area contributed by atoms with Gasteiger partial charge < -0.3 is 4.74 Å². The lowest BCUT2D eigenvalue weighted by molar-refractivity contribution is -0.118. The number of nitrogens with zero attached hydrogens (tertiary/aromatic N) is 1. The summed E-state index contributed by atoms with van der Waals surface area (Å²) in [5, 5.41) is 4.96. The first kappa shape index (κ1) is 16.3. The van der Waals surface area contributed by atoms with Crippen molar-refractivity contribution in [1.29, 1.82) is 0 Å². The summed E-state index contributed by atoms with van der Waals surface area (Å²) >= 11 is 12.0. The van der Waals surface area contributed by atoms with Crippen LogP contribution in [-0.4, -0.2) is 12.1 Å². The summed E-state index contributed by atoms with van der Waals surface area (Å²) in [4.78, 5) is 10.7. The second kappa shape index (κ2) is 7.82. The first-order chi connectivity index (χ1) is 10.5. The summed E-state index contributed by atoms with van der Waals surface area (Å²) in [6.07, 6.45) is 1.55. The van der Waals surface area contributed by atoms with E-state index in [1.165, 1.54) is 6.92 Å². The molecule has 1 N–H and O–H groups in total. The van der Waals surface area contributed by atoms with Crippen molar-refractivity contribution >= 4 is 35.3 Å². The number of carbonyl (C=O) groups is 1. The second-order valence-electron chi connectivity index (χ2n) is 4.52. The van der Waals surface area contributed by atoms with Crippen LogP contribution >= 0.6 is 23.2 Å². The van der Waals surface area contributed by atoms with Crippen LogP contribution in [0.2, 0.25) is 10.0 Å². The van der Waals surface area contributed by atoms with Crippen LogP contribution in [0.4, 0.5) is 0 Å². The Balaban J connectivity index is 2.01. The molecule has 1 amide bonds. The molecule has 0 aliphatic heterocycles. The van der Waals surface area contributed by atoms with Crippen molar-refractivity contribution in [2.24, 2.45) is 5.10 Å². The summed E-state index contributed by atoms with van der Waals surface area (Å²) in [7, 11) is 0.